The third-order valence-corrected chi connectivity index (χ3v) is 3.21. The summed E-state index contributed by atoms with van der Waals surface area (Å²) >= 11 is 0. The molecule has 0 bridgehead atoms. The largest absolute Gasteiger partial charge is 0.464 e. The van der Waals surface area contributed by atoms with Gasteiger partial charge in [-0.2, -0.15) is 5.10 Å². The van der Waals surface area contributed by atoms with Crippen molar-refractivity contribution in [2.75, 3.05) is 13.6 Å². The molecule has 0 radical (unpaired) electrons. The molecule has 0 saturated heterocycles. The smallest absolute Gasteiger partial charge is 0.317 e. The van der Waals surface area contributed by atoms with E-state index in [9.17, 15) is 4.79 Å². The Kier molecular flexibility index (Phi) is 5.03. The molecule has 2 heterocycles. The van der Waals surface area contributed by atoms with Gasteiger partial charge in [-0.1, -0.05) is 0 Å². The fraction of sp³-hybridized carbons (Fsp3) is 0.467. The third kappa shape index (κ3) is 4.66. The first-order valence-electron chi connectivity index (χ1n) is 7.06. The first kappa shape index (κ1) is 15.2. The summed E-state index contributed by atoms with van der Waals surface area (Å²) in [4.78, 5) is 13.5. The molecule has 0 aromatic carbocycles. The second kappa shape index (κ2) is 6.97. The Labute approximate surface area is 124 Å². The standard InChI is InChI=1S/C15H22N4O2/c1-12-6-7-14(21-12)11-18(2)15(20)16-8-4-5-13-9-17-19(3)10-13/h6-7,9-10H,4-5,8,11H2,1-3H3,(H,16,20). The molecule has 21 heavy (non-hydrogen) atoms. The quantitative estimate of drug-likeness (QED) is 0.829. The topological polar surface area (TPSA) is 63.3 Å². The molecule has 1 N–H and O–H groups in total. The number of carbonyl (C=O) groups is 1. The molecule has 6 nitrogen and oxygen atoms in total. The minimum absolute atomic E-state index is 0.0877. The van der Waals surface area contributed by atoms with Crippen LogP contribution in [0.4, 0.5) is 4.79 Å². The predicted octanol–water partition coefficient (Wildman–Crippen LogP) is 2.10. The van der Waals surface area contributed by atoms with Gasteiger partial charge in [0.25, 0.3) is 0 Å². The number of rotatable bonds is 6. The van der Waals surface area contributed by atoms with Crippen molar-refractivity contribution in [3.8, 4) is 0 Å². The Hall–Kier alpha value is -2.24. The average Bonchev–Trinajstić information content (AvgIpc) is 3.03. The van der Waals surface area contributed by atoms with Crippen molar-refractivity contribution in [3.05, 3.63) is 41.6 Å². The van der Waals surface area contributed by atoms with E-state index in [1.807, 2.05) is 38.5 Å². The Bertz CT molecular complexity index is 588. The van der Waals surface area contributed by atoms with E-state index in [4.69, 9.17) is 4.42 Å². The van der Waals surface area contributed by atoms with E-state index in [1.54, 1.807) is 16.6 Å². The number of furan rings is 1. The molecule has 0 aliphatic carbocycles. The van der Waals surface area contributed by atoms with E-state index in [2.05, 4.69) is 10.4 Å². The van der Waals surface area contributed by atoms with Gasteiger partial charge < -0.3 is 14.6 Å². The van der Waals surface area contributed by atoms with Crippen LogP contribution in [0.1, 0.15) is 23.5 Å². The van der Waals surface area contributed by atoms with Crippen LogP contribution >= 0.6 is 0 Å². The fourth-order valence-corrected chi connectivity index (χ4v) is 2.10. The van der Waals surface area contributed by atoms with E-state index in [0.717, 1.165) is 24.4 Å². The summed E-state index contributed by atoms with van der Waals surface area (Å²) in [6, 6.07) is 3.70. The highest BCUT2D eigenvalue weighted by Crippen LogP contribution is 2.08. The number of nitrogens with one attached hydrogen (secondary N) is 1. The Morgan fingerprint density at radius 1 is 1.48 bits per heavy atom. The minimum atomic E-state index is -0.0877. The lowest BCUT2D eigenvalue weighted by atomic mass is 10.2. The zero-order valence-corrected chi connectivity index (χ0v) is 12.8. The molecule has 0 aliphatic heterocycles. The van der Waals surface area contributed by atoms with Crippen molar-refractivity contribution in [1.29, 1.82) is 0 Å². The highest BCUT2D eigenvalue weighted by atomic mass is 16.3. The summed E-state index contributed by atoms with van der Waals surface area (Å²) in [7, 11) is 3.66. The maximum absolute atomic E-state index is 11.9. The number of aryl methyl sites for hydroxylation is 3. The van der Waals surface area contributed by atoms with E-state index >= 15 is 0 Å². The normalized spacial score (nSPS) is 10.6. The number of carbonyl (C=O) groups excluding carboxylic acids is 1. The van der Waals surface area contributed by atoms with Crippen LogP contribution in [0.3, 0.4) is 0 Å². The minimum Gasteiger partial charge on any atom is -0.464 e. The maximum atomic E-state index is 11.9. The van der Waals surface area contributed by atoms with Gasteiger partial charge in [0.15, 0.2) is 0 Å². The lowest BCUT2D eigenvalue weighted by molar-refractivity contribution is 0.202. The highest BCUT2D eigenvalue weighted by Gasteiger charge is 2.10. The van der Waals surface area contributed by atoms with Gasteiger partial charge in [0, 0.05) is 26.8 Å². The summed E-state index contributed by atoms with van der Waals surface area (Å²) in [5, 5.41) is 7.02. The number of amides is 2. The fourth-order valence-electron chi connectivity index (χ4n) is 2.10. The molecule has 2 aromatic rings. The van der Waals surface area contributed by atoms with Crippen LogP contribution in [-0.2, 0) is 20.0 Å². The van der Waals surface area contributed by atoms with E-state index in [0.29, 0.717) is 13.1 Å². The second-order valence-electron chi connectivity index (χ2n) is 5.23. The van der Waals surface area contributed by atoms with Crippen molar-refractivity contribution in [2.24, 2.45) is 7.05 Å². The number of nitrogens with zero attached hydrogens (tertiary/aromatic N) is 3. The molecule has 0 aliphatic rings. The van der Waals surface area contributed by atoms with Crippen LogP contribution in [0.2, 0.25) is 0 Å². The van der Waals surface area contributed by atoms with Crippen LogP contribution in [0.5, 0.6) is 0 Å². The van der Waals surface area contributed by atoms with Crippen molar-refractivity contribution >= 4 is 6.03 Å². The molecule has 0 atom stereocenters. The van der Waals surface area contributed by atoms with Crippen LogP contribution < -0.4 is 5.32 Å². The molecule has 2 amide bonds. The average molecular weight is 290 g/mol. The number of aromatic nitrogens is 2. The Morgan fingerprint density at radius 2 is 2.29 bits per heavy atom. The van der Waals surface area contributed by atoms with Crippen LogP contribution in [-0.4, -0.2) is 34.3 Å². The number of urea groups is 1. The lowest BCUT2D eigenvalue weighted by Gasteiger charge is -2.16. The van der Waals surface area contributed by atoms with Crippen LogP contribution in [0, 0.1) is 6.92 Å². The molecule has 0 fully saturated rings. The van der Waals surface area contributed by atoms with Gasteiger partial charge >= 0.3 is 6.03 Å². The van der Waals surface area contributed by atoms with Gasteiger partial charge in [-0.25, -0.2) is 4.79 Å². The highest BCUT2D eigenvalue weighted by molar-refractivity contribution is 5.73. The maximum Gasteiger partial charge on any atom is 0.317 e. The van der Waals surface area contributed by atoms with E-state index in [-0.39, 0.29) is 6.03 Å². The van der Waals surface area contributed by atoms with Gasteiger partial charge in [0.1, 0.15) is 11.5 Å². The molecule has 0 saturated carbocycles. The molecule has 2 rings (SSSR count). The van der Waals surface area contributed by atoms with Gasteiger partial charge in [-0.15, -0.1) is 0 Å². The van der Waals surface area contributed by atoms with Crippen molar-refractivity contribution in [3.63, 3.8) is 0 Å². The first-order valence-corrected chi connectivity index (χ1v) is 7.06. The summed E-state index contributed by atoms with van der Waals surface area (Å²) in [5.41, 5.74) is 1.19. The summed E-state index contributed by atoms with van der Waals surface area (Å²) in [6.45, 7) is 3.01. The lowest BCUT2D eigenvalue weighted by Crippen LogP contribution is -2.37. The van der Waals surface area contributed by atoms with E-state index in [1.165, 1.54) is 5.56 Å². The van der Waals surface area contributed by atoms with Crippen LogP contribution in [0.15, 0.2) is 28.9 Å². The summed E-state index contributed by atoms with van der Waals surface area (Å²) in [5.74, 6) is 1.65. The number of hydrogen-bond acceptors (Lipinski definition) is 3. The zero-order chi connectivity index (χ0) is 15.2. The molecular weight excluding hydrogens is 268 g/mol. The van der Waals surface area contributed by atoms with Gasteiger partial charge in [-0.05, 0) is 37.5 Å². The van der Waals surface area contributed by atoms with Gasteiger partial charge in [0.2, 0.25) is 0 Å². The van der Waals surface area contributed by atoms with Crippen LogP contribution in [0.25, 0.3) is 0 Å². The zero-order valence-electron chi connectivity index (χ0n) is 12.8. The molecule has 6 heteroatoms. The van der Waals surface area contributed by atoms with Crippen molar-refractivity contribution in [1.82, 2.24) is 20.0 Å². The number of hydrogen-bond donors (Lipinski definition) is 1. The molecule has 0 unspecified atom stereocenters. The first-order chi connectivity index (χ1) is 10.0. The molecular formula is C15H22N4O2. The third-order valence-electron chi connectivity index (χ3n) is 3.21. The van der Waals surface area contributed by atoms with Gasteiger partial charge in [-0.3, -0.25) is 4.68 Å². The van der Waals surface area contributed by atoms with E-state index < -0.39 is 0 Å². The van der Waals surface area contributed by atoms with Gasteiger partial charge in [0.05, 0.1) is 12.7 Å². The molecule has 0 spiro atoms. The molecule has 2 aromatic heterocycles. The second-order valence-corrected chi connectivity index (χ2v) is 5.23. The van der Waals surface area contributed by atoms with Crippen molar-refractivity contribution < 1.29 is 9.21 Å². The Morgan fingerprint density at radius 3 is 2.90 bits per heavy atom. The van der Waals surface area contributed by atoms with Crippen molar-refractivity contribution in [2.45, 2.75) is 26.3 Å². The monoisotopic (exact) mass is 290 g/mol. The summed E-state index contributed by atoms with van der Waals surface area (Å²) < 4.78 is 7.24. The summed E-state index contributed by atoms with van der Waals surface area (Å²) in [6.07, 6.45) is 5.65. The predicted molar refractivity (Wildman–Crippen MR) is 79.8 cm³/mol. The SMILES string of the molecule is Cc1ccc(CN(C)C(=O)NCCCc2cnn(C)c2)o1. The Balaban J connectivity index is 1.66. The molecule has 114 valence electrons.